The van der Waals surface area contributed by atoms with Crippen LogP contribution in [0, 0.1) is 6.92 Å². The minimum Gasteiger partial charge on any atom is -0.477 e. The van der Waals surface area contributed by atoms with Gasteiger partial charge >= 0.3 is 5.97 Å². The Bertz CT molecular complexity index is 843. The average Bonchev–Trinajstić information content (AvgIpc) is 3.19. The van der Waals surface area contributed by atoms with Crippen LogP contribution in [0.1, 0.15) is 39.6 Å². The van der Waals surface area contributed by atoms with Gasteiger partial charge in [-0.25, -0.2) is 9.48 Å². The first-order chi connectivity index (χ1) is 12.2. The number of amides is 2. The van der Waals surface area contributed by atoms with Crippen molar-refractivity contribution in [3.8, 4) is 0 Å². The number of hydrogen-bond acceptors (Lipinski definition) is 5. The monoisotopic (exact) mass is 382 g/mol. The summed E-state index contributed by atoms with van der Waals surface area (Å²) < 4.78 is 2.62. The number of halogens is 1. The van der Waals surface area contributed by atoms with Crippen LogP contribution in [0.5, 0.6) is 0 Å². The van der Waals surface area contributed by atoms with E-state index < -0.39 is 23.8 Å². The van der Waals surface area contributed by atoms with E-state index in [9.17, 15) is 14.4 Å². The van der Waals surface area contributed by atoms with Crippen LogP contribution in [-0.4, -0.2) is 55.5 Å². The topological polar surface area (TPSA) is 131 Å². The van der Waals surface area contributed by atoms with Crippen LogP contribution in [0.4, 0.5) is 0 Å². The molecule has 0 saturated heterocycles. The van der Waals surface area contributed by atoms with Crippen molar-refractivity contribution in [2.24, 2.45) is 7.05 Å². The van der Waals surface area contributed by atoms with E-state index in [4.69, 9.17) is 16.7 Å². The summed E-state index contributed by atoms with van der Waals surface area (Å²) in [4.78, 5) is 35.2. The van der Waals surface area contributed by atoms with Gasteiger partial charge in [-0.05, 0) is 19.9 Å². The lowest BCUT2D eigenvalue weighted by Gasteiger charge is -2.14. The molecule has 1 atom stereocenters. The number of aryl methyl sites for hydroxylation is 1. The van der Waals surface area contributed by atoms with E-state index in [1.807, 2.05) is 0 Å². The number of aromatic carboxylic acids is 1. The Morgan fingerprint density at radius 2 is 1.96 bits per heavy atom. The van der Waals surface area contributed by atoms with Gasteiger partial charge in [0.2, 0.25) is 5.91 Å². The molecule has 2 heterocycles. The molecule has 0 aliphatic heterocycles. The van der Waals surface area contributed by atoms with Crippen molar-refractivity contribution in [2.75, 3.05) is 13.1 Å². The van der Waals surface area contributed by atoms with Crippen LogP contribution in [-0.2, 0) is 11.8 Å². The van der Waals surface area contributed by atoms with Gasteiger partial charge in [0.15, 0.2) is 5.69 Å². The number of carbonyl (C=O) groups excluding carboxylic acids is 2. The lowest BCUT2D eigenvalue weighted by molar-refractivity contribution is -0.124. The fourth-order valence-corrected chi connectivity index (χ4v) is 2.47. The van der Waals surface area contributed by atoms with Crippen LogP contribution >= 0.6 is 11.6 Å². The Kier molecular flexibility index (Phi) is 5.98. The number of hydrogen-bond donors (Lipinski definition) is 3. The Balaban J connectivity index is 1.84. The molecule has 140 valence electrons. The molecule has 2 amide bonds. The summed E-state index contributed by atoms with van der Waals surface area (Å²) in [5, 5.41) is 22.4. The maximum Gasteiger partial charge on any atom is 0.354 e. The summed E-state index contributed by atoms with van der Waals surface area (Å²) in [6.07, 6.45) is 1.31. The zero-order valence-electron chi connectivity index (χ0n) is 14.5. The molecule has 0 aliphatic carbocycles. The molecule has 0 aromatic carbocycles. The Hall–Kier alpha value is -2.88. The summed E-state index contributed by atoms with van der Waals surface area (Å²) in [5.41, 5.74) is 0.711. The molecule has 1 unspecified atom stereocenters. The molecule has 0 bridgehead atoms. The van der Waals surface area contributed by atoms with Gasteiger partial charge in [0.1, 0.15) is 11.7 Å². The van der Waals surface area contributed by atoms with Crippen molar-refractivity contribution in [1.82, 2.24) is 30.2 Å². The Labute approximate surface area is 154 Å². The van der Waals surface area contributed by atoms with E-state index in [-0.39, 0.29) is 29.5 Å². The summed E-state index contributed by atoms with van der Waals surface area (Å²) in [6.45, 7) is 3.59. The van der Waals surface area contributed by atoms with Crippen LogP contribution in [0.2, 0.25) is 5.02 Å². The second-order valence-corrected chi connectivity index (χ2v) is 5.94. The average molecular weight is 383 g/mol. The highest BCUT2D eigenvalue weighted by molar-refractivity contribution is 6.34. The smallest absolute Gasteiger partial charge is 0.354 e. The molecule has 10 nitrogen and oxygen atoms in total. The number of carbonyl (C=O) groups is 3. The molecular formula is C15H19ClN6O4. The van der Waals surface area contributed by atoms with Crippen LogP contribution < -0.4 is 10.6 Å². The van der Waals surface area contributed by atoms with E-state index in [1.165, 1.54) is 23.9 Å². The maximum atomic E-state index is 12.1. The van der Waals surface area contributed by atoms with Crippen LogP contribution in [0.15, 0.2) is 12.3 Å². The van der Waals surface area contributed by atoms with E-state index in [2.05, 4.69) is 20.8 Å². The lowest BCUT2D eigenvalue weighted by atomic mass is 10.3. The first kappa shape index (κ1) is 19.4. The van der Waals surface area contributed by atoms with Crippen molar-refractivity contribution in [2.45, 2.75) is 19.9 Å². The van der Waals surface area contributed by atoms with Gasteiger partial charge < -0.3 is 15.7 Å². The third-order valence-electron chi connectivity index (χ3n) is 3.82. The van der Waals surface area contributed by atoms with E-state index in [1.54, 1.807) is 14.0 Å². The third kappa shape index (κ3) is 4.02. The number of carboxylic acid groups (broad SMARTS) is 1. The highest BCUT2D eigenvalue weighted by Gasteiger charge is 2.21. The van der Waals surface area contributed by atoms with Crippen molar-refractivity contribution in [3.05, 3.63) is 34.4 Å². The number of nitrogens with one attached hydrogen (secondary N) is 2. The minimum atomic E-state index is -1.17. The molecule has 2 rings (SSSR count). The number of carboxylic acids is 1. The normalized spacial score (nSPS) is 11.8. The highest BCUT2D eigenvalue weighted by atomic mass is 35.5. The van der Waals surface area contributed by atoms with Gasteiger partial charge in [-0.1, -0.05) is 11.6 Å². The summed E-state index contributed by atoms with van der Waals surface area (Å²) in [7, 11) is 1.68. The highest BCUT2D eigenvalue weighted by Crippen LogP contribution is 2.18. The predicted molar refractivity (Wildman–Crippen MR) is 92.2 cm³/mol. The second-order valence-electron chi connectivity index (χ2n) is 5.56. The molecule has 11 heteroatoms. The second kappa shape index (κ2) is 8.00. The minimum absolute atomic E-state index is 0.0823. The zero-order valence-corrected chi connectivity index (χ0v) is 15.2. The third-order valence-corrected chi connectivity index (χ3v) is 4.27. The first-order valence-corrected chi connectivity index (χ1v) is 8.13. The SMILES string of the molecule is Cc1c(Cl)c(C(=O)NCCNC(=O)C(C)n2nccc2C(=O)O)nn1C. The molecule has 0 spiro atoms. The molecule has 0 saturated carbocycles. The number of aromatic nitrogens is 4. The zero-order chi connectivity index (χ0) is 19.4. The van der Waals surface area contributed by atoms with E-state index in [0.717, 1.165) is 4.68 Å². The molecule has 0 fully saturated rings. The van der Waals surface area contributed by atoms with Gasteiger partial charge in [0, 0.05) is 26.3 Å². The molecular weight excluding hydrogens is 364 g/mol. The van der Waals surface area contributed by atoms with E-state index in [0.29, 0.717) is 5.69 Å². The number of rotatable bonds is 7. The van der Waals surface area contributed by atoms with Crippen molar-refractivity contribution < 1.29 is 19.5 Å². The predicted octanol–water partition coefficient (Wildman–Crippen LogP) is 0.384. The van der Waals surface area contributed by atoms with Gasteiger partial charge in [-0.3, -0.25) is 14.3 Å². The van der Waals surface area contributed by atoms with Crippen molar-refractivity contribution in [3.63, 3.8) is 0 Å². The molecule has 3 N–H and O–H groups in total. The molecule has 0 radical (unpaired) electrons. The quantitative estimate of drug-likeness (QED) is 0.593. The van der Waals surface area contributed by atoms with Crippen LogP contribution in [0.3, 0.4) is 0 Å². The summed E-state index contributed by atoms with van der Waals surface area (Å²) >= 11 is 6.04. The standard InChI is InChI=1S/C15H19ClN6O4/c1-8-11(16)12(20-21(8)3)14(24)18-7-6-17-13(23)9(2)22-10(15(25)26)4-5-19-22/h4-5,9H,6-7H2,1-3H3,(H,17,23)(H,18,24)(H,25,26). The summed E-state index contributed by atoms with van der Waals surface area (Å²) in [5.74, 6) is -2.03. The van der Waals surface area contributed by atoms with Crippen molar-refractivity contribution in [1.29, 1.82) is 0 Å². The first-order valence-electron chi connectivity index (χ1n) is 7.75. The molecule has 26 heavy (non-hydrogen) atoms. The molecule has 2 aromatic rings. The van der Waals surface area contributed by atoms with Crippen LogP contribution in [0.25, 0.3) is 0 Å². The fourth-order valence-electron chi connectivity index (χ4n) is 2.22. The fraction of sp³-hybridized carbons (Fsp3) is 0.400. The molecule has 0 aliphatic rings. The van der Waals surface area contributed by atoms with Gasteiger partial charge in [0.05, 0.1) is 10.7 Å². The van der Waals surface area contributed by atoms with Gasteiger partial charge in [0.25, 0.3) is 5.91 Å². The van der Waals surface area contributed by atoms with Crippen molar-refractivity contribution >= 4 is 29.4 Å². The Morgan fingerprint density at radius 3 is 2.54 bits per heavy atom. The van der Waals surface area contributed by atoms with Gasteiger partial charge in [-0.2, -0.15) is 10.2 Å². The maximum absolute atomic E-state index is 12.1. The van der Waals surface area contributed by atoms with E-state index >= 15 is 0 Å². The Morgan fingerprint density at radius 1 is 1.31 bits per heavy atom. The lowest BCUT2D eigenvalue weighted by Crippen LogP contribution is -2.38. The number of nitrogens with zero attached hydrogens (tertiary/aromatic N) is 4. The van der Waals surface area contributed by atoms with Gasteiger partial charge in [-0.15, -0.1) is 0 Å². The summed E-state index contributed by atoms with van der Waals surface area (Å²) in [6, 6.07) is 0.505. The largest absolute Gasteiger partial charge is 0.477 e. The molecule has 2 aromatic heterocycles.